The van der Waals surface area contributed by atoms with Gasteiger partial charge in [0.25, 0.3) is 5.91 Å². The van der Waals surface area contributed by atoms with Crippen LogP contribution in [0.1, 0.15) is 124 Å². The Hall–Kier alpha value is -4.07. The third-order valence-corrected chi connectivity index (χ3v) is 11.8. The average Bonchev–Trinajstić information content (AvgIpc) is 3.11. The molecule has 8 nitrogen and oxygen atoms in total. The molecule has 2 aromatic carbocycles. The van der Waals surface area contributed by atoms with Gasteiger partial charge < -0.3 is 15.3 Å². The second-order valence-electron chi connectivity index (χ2n) is 15.5. The van der Waals surface area contributed by atoms with Crippen LogP contribution in [0.4, 0.5) is 0 Å². The number of carbonyl (C=O) groups excluding carboxylic acids is 2. The Morgan fingerprint density at radius 2 is 1.44 bits per heavy atom. The Morgan fingerprint density at radius 1 is 0.840 bits per heavy atom. The Morgan fingerprint density at radius 3 is 2.00 bits per heavy atom. The molecule has 2 aliphatic carbocycles. The fourth-order valence-corrected chi connectivity index (χ4v) is 8.50. The monoisotopic (exact) mass is 678 g/mol. The summed E-state index contributed by atoms with van der Waals surface area (Å²) in [7, 11) is 0. The van der Waals surface area contributed by atoms with Crippen molar-refractivity contribution >= 4 is 17.8 Å². The smallest absolute Gasteiger partial charge is 0.310 e. The van der Waals surface area contributed by atoms with Crippen molar-refractivity contribution in [1.29, 1.82) is 0 Å². The van der Waals surface area contributed by atoms with Crippen LogP contribution < -0.4 is 5.32 Å². The van der Waals surface area contributed by atoms with E-state index in [9.17, 15) is 19.5 Å². The minimum absolute atomic E-state index is 0.150. The molecule has 2 amide bonds. The first-order valence-electron chi connectivity index (χ1n) is 19.0. The van der Waals surface area contributed by atoms with E-state index in [4.69, 9.17) is 9.97 Å². The zero-order valence-electron chi connectivity index (χ0n) is 30.0. The summed E-state index contributed by atoms with van der Waals surface area (Å²) in [5.41, 5.74) is 4.62. The van der Waals surface area contributed by atoms with Gasteiger partial charge in [0.15, 0.2) is 5.82 Å². The van der Waals surface area contributed by atoms with Gasteiger partial charge in [-0.05, 0) is 96.9 Å². The summed E-state index contributed by atoms with van der Waals surface area (Å²) in [4.78, 5) is 49.1. The molecule has 2 saturated carbocycles. The first kappa shape index (κ1) is 35.7. The minimum Gasteiger partial charge on any atom is -0.481 e. The lowest BCUT2D eigenvalue weighted by Crippen LogP contribution is -2.59. The molecule has 0 radical (unpaired) electrons. The molecule has 3 aromatic rings. The lowest BCUT2D eigenvalue weighted by molar-refractivity contribution is -0.153. The van der Waals surface area contributed by atoms with Gasteiger partial charge >= 0.3 is 5.97 Å². The van der Waals surface area contributed by atoms with Crippen molar-refractivity contribution < 1.29 is 19.5 Å². The number of hydrogen-bond donors (Lipinski definition) is 2. The van der Waals surface area contributed by atoms with Crippen LogP contribution in [0.15, 0.2) is 60.9 Å². The Labute approximate surface area is 297 Å². The normalized spacial score (nSPS) is 23.2. The van der Waals surface area contributed by atoms with Gasteiger partial charge in [-0.1, -0.05) is 82.9 Å². The van der Waals surface area contributed by atoms with Crippen LogP contribution in [-0.2, 0) is 16.0 Å². The number of rotatable bonds is 12. The highest BCUT2D eigenvalue weighted by Gasteiger charge is 2.39. The molecule has 0 spiro atoms. The molecule has 50 heavy (non-hydrogen) atoms. The number of aliphatic carboxylic acids is 1. The number of carboxylic acids is 1. The zero-order chi connectivity index (χ0) is 35.2. The van der Waals surface area contributed by atoms with Crippen molar-refractivity contribution in [2.45, 2.75) is 109 Å². The number of carboxylic acid groups (broad SMARTS) is 1. The van der Waals surface area contributed by atoms with Crippen LogP contribution in [0, 0.1) is 23.7 Å². The fourth-order valence-electron chi connectivity index (χ4n) is 8.50. The second kappa shape index (κ2) is 16.3. The van der Waals surface area contributed by atoms with Gasteiger partial charge in [-0.15, -0.1) is 0 Å². The van der Waals surface area contributed by atoms with Gasteiger partial charge in [0.1, 0.15) is 6.04 Å². The molecule has 1 aromatic heterocycles. The first-order chi connectivity index (χ1) is 24.2. The van der Waals surface area contributed by atoms with E-state index in [0.29, 0.717) is 23.2 Å². The van der Waals surface area contributed by atoms with Crippen LogP contribution in [-0.4, -0.2) is 56.9 Å². The zero-order valence-corrected chi connectivity index (χ0v) is 30.0. The van der Waals surface area contributed by atoms with E-state index in [0.717, 1.165) is 34.4 Å². The van der Waals surface area contributed by atoms with Gasteiger partial charge in [-0.3, -0.25) is 14.4 Å². The molecule has 6 rings (SSSR count). The lowest BCUT2D eigenvalue weighted by Gasteiger charge is -2.39. The van der Waals surface area contributed by atoms with E-state index in [-0.39, 0.29) is 31.3 Å². The standard InChI is InChI=1S/C42H54N4O4/c1-4-5-28-6-10-31(11-7-28)32-16-18-33(19-17-32)36-23-43-39(44-24-36)34-12-8-29(9-13-34)22-38(41(48)46-25-37(26-46)42(49)50)45-40(47)35-20-14-30(15-21-35)27(2)3/h8-9,12-15,20-21,23-24,27-28,31-33,37-38H,4-7,10-11,16-19,22,25-26H2,1-3H3,(H,45,47)(H,49,50)/t28?,31?,32?,33?,38-/m0/s1. The molecular weight excluding hydrogens is 624 g/mol. The topological polar surface area (TPSA) is 112 Å². The Kier molecular flexibility index (Phi) is 11.7. The summed E-state index contributed by atoms with van der Waals surface area (Å²) in [6.07, 6.45) is 17.9. The van der Waals surface area contributed by atoms with E-state index >= 15 is 0 Å². The number of hydrogen-bond acceptors (Lipinski definition) is 5. The maximum absolute atomic E-state index is 13.5. The summed E-state index contributed by atoms with van der Waals surface area (Å²) in [5, 5.41) is 12.3. The van der Waals surface area contributed by atoms with E-state index in [1.54, 1.807) is 12.1 Å². The van der Waals surface area contributed by atoms with Crippen LogP contribution in [0.2, 0.25) is 0 Å². The number of likely N-dealkylation sites (tertiary alicyclic amines) is 1. The number of aromatic nitrogens is 2. The van der Waals surface area contributed by atoms with E-state index in [1.165, 1.54) is 74.7 Å². The van der Waals surface area contributed by atoms with Gasteiger partial charge in [-0.25, -0.2) is 9.97 Å². The largest absolute Gasteiger partial charge is 0.481 e. The predicted molar refractivity (Wildman–Crippen MR) is 196 cm³/mol. The van der Waals surface area contributed by atoms with Crippen LogP contribution in [0.3, 0.4) is 0 Å². The number of nitrogens with zero attached hydrogens (tertiary/aromatic N) is 3. The lowest BCUT2D eigenvalue weighted by atomic mass is 9.68. The maximum Gasteiger partial charge on any atom is 0.310 e. The van der Waals surface area contributed by atoms with E-state index in [1.807, 2.05) is 48.8 Å². The van der Waals surface area contributed by atoms with E-state index < -0.39 is 17.9 Å². The fraction of sp³-hybridized carbons (Fsp3) is 0.548. The summed E-state index contributed by atoms with van der Waals surface area (Å²) >= 11 is 0. The Balaban J connectivity index is 1.05. The molecule has 1 atom stereocenters. The molecule has 0 unspecified atom stereocenters. The quantitative estimate of drug-likeness (QED) is 0.201. The van der Waals surface area contributed by atoms with Crippen molar-refractivity contribution in [3.63, 3.8) is 0 Å². The molecule has 3 fully saturated rings. The molecular formula is C42H54N4O4. The molecule has 2 N–H and O–H groups in total. The molecule has 1 saturated heterocycles. The highest BCUT2D eigenvalue weighted by molar-refractivity contribution is 5.98. The number of benzene rings is 2. The Bertz CT molecular complexity index is 1580. The van der Waals surface area contributed by atoms with E-state index in [2.05, 4.69) is 26.1 Å². The summed E-state index contributed by atoms with van der Waals surface area (Å²) in [5.74, 6) is 2.25. The molecule has 0 bridgehead atoms. The molecule has 266 valence electrons. The number of nitrogens with one attached hydrogen (secondary N) is 1. The summed E-state index contributed by atoms with van der Waals surface area (Å²) in [6.45, 7) is 6.81. The average molecular weight is 679 g/mol. The summed E-state index contributed by atoms with van der Waals surface area (Å²) in [6, 6.07) is 14.4. The minimum atomic E-state index is -0.909. The molecule has 8 heteroatoms. The van der Waals surface area contributed by atoms with Crippen molar-refractivity contribution in [3.8, 4) is 11.4 Å². The van der Waals surface area contributed by atoms with Crippen molar-refractivity contribution in [3.05, 3.63) is 83.2 Å². The maximum atomic E-state index is 13.5. The van der Waals surface area contributed by atoms with Gasteiger partial charge in [-0.2, -0.15) is 0 Å². The van der Waals surface area contributed by atoms with Gasteiger partial charge in [0.2, 0.25) is 5.91 Å². The molecule has 2 heterocycles. The van der Waals surface area contributed by atoms with Crippen LogP contribution >= 0.6 is 0 Å². The third-order valence-electron chi connectivity index (χ3n) is 11.8. The van der Waals surface area contributed by atoms with Crippen LogP contribution in [0.25, 0.3) is 11.4 Å². The van der Waals surface area contributed by atoms with Crippen molar-refractivity contribution in [2.75, 3.05) is 13.1 Å². The SMILES string of the molecule is CCCC1CCC(C2CCC(c3cnc(-c4ccc(C[C@H](NC(=O)c5ccc(C(C)C)cc5)C(=O)N5CC(C(=O)O)C5)cc4)nc3)CC2)CC1. The summed E-state index contributed by atoms with van der Waals surface area (Å²) < 4.78 is 0. The second-order valence-corrected chi connectivity index (χ2v) is 15.5. The number of carbonyl (C=O) groups is 3. The highest BCUT2D eigenvalue weighted by atomic mass is 16.4. The van der Waals surface area contributed by atoms with Crippen molar-refractivity contribution in [1.82, 2.24) is 20.2 Å². The van der Waals surface area contributed by atoms with Gasteiger partial charge in [0, 0.05) is 43.0 Å². The molecule has 3 aliphatic rings. The van der Waals surface area contributed by atoms with Crippen molar-refractivity contribution in [2.24, 2.45) is 23.7 Å². The number of amides is 2. The van der Waals surface area contributed by atoms with Crippen LogP contribution in [0.5, 0.6) is 0 Å². The molecule has 1 aliphatic heterocycles. The predicted octanol–water partition coefficient (Wildman–Crippen LogP) is 8.03. The highest BCUT2D eigenvalue weighted by Crippen LogP contribution is 2.44. The first-order valence-corrected chi connectivity index (χ1v) is 19.0. The van der Waals surface area contributed by atoms with Gasteiger partial charge in [0.05, 0.1) is 5.92 Å². The third kappa shape index (κ3) is 8.62.